The average molecular weight is 1060 g/mol. The number of hydrogen-bond acceptors (Lipinski definition) is 4. The van der Waals surface area contributed by atoms with Gasteiger partial charge in [-0.2, -0.15) is 0 Å². The number of rotatable bonds is 3. The topological polar surface area (TPSA) is 22.9 Å². The van der Waals surface area contributed by atoms with Gasteiger partial charge in [0.15, 0.2) is 0 Å². The highest BCUT2D eigenvalue weighted by Crippen LogP contribution is 2.62. The Bertz CT molecular complexity index is 4220. The van der Waals surface area contributed by atoms with Crippen LogP contribution in [0.3, 0.4) is 0 Å². The third-order valence-electron chi connectivity index (χ3n) is 22.2. The first-order valence-corrected chi connectivity index (χ1v) is 30.5. The van der Waals surface area contributed by atoms with Crippen LogP contribution >= 0.6 is 0 Å². The van der Waals surface area contributed by atoms with Crippen molar-refractivity contribution in [2.75, 3.05) is 14.7 Å². The van der Waals surface area contributed by atoms with Gasteiger partial charge in [-0.1, -0.05) is 175 Å². The molecule has 6 aliphatic rings. The van der Waals surface area contributed by atoms with Crippen LogP contribution in [0.4, 0.5) is 45.5 Å². The third-order valence-corrected chi connectivity index (χ3v) is 22.2. The zero-order valence-electron chi connectivity index (χ0n) is 50.8. The highest BCUT2D eigenvalue weighted by atomic mass is 16.3. The quantitative estimate of drug-likeness (QED) is 0.165. The number of anilines is 8. The monoisotopic (exact) mass is 1060 g/mol. The third kappa shape index (κ3) is 6.73. The van der Waals surface area contributed by atoms with Gasteiger partial charge in [0, 0.05) is 61.4 Å². The number of hydrogen-bond donors (Lipinski definition) is 0. The molecule has 1 aromatic heterocycles. The van der Waals surface area contributed by atoms with Crippen LogP contribution in [0.1, 0.15) is 184 Å². The van der Waals surface area contributed by atoms with E-state index < -0.39 is 0 Å². The van der Waals surface area contributed by atoms with Gasteiger partial charge in [0.2, 0.25) is 0 Å². The molecule has 0 N–H and O–H groups in total. The maximum atomic E-state index is 6.77. The molecular weight excluding hydrogens is 982 g/mol. The van der Waals surface area contributed by atoms with Crippen LogP contribution in [0.25, 0.3) is 21.9 Å². The second kappa shape index (κ2) is 16.4. The van der Waals surface area contributed by atoms with E-state index in [4.69, 9.17) is 4.42 Å². The average Bonchev–Trinajstić information content (AvgIpc) is 3.79. The van der Waals surface area contributed by atoms with Crippen LogP contribution in [0.2, 0.25) is 0 Å². The fourth-order valence-electron chi connectivity index (χ4n) is 17.2. The van der Waals surface area contributed by atoms with Crippen molar-refractivity contribution < 1.29 is 4.42 Å². The van der Waals surface area contributed by atoms with Crippen molar-refractivity contribution in [1.82, 2.24) is 0 Å². The lowest BCUT2D eigenvalue weighted by molar-refractivity contribution is 0.195. The van der Waals surface area contributed by atoms with E-state index in [1.165, 1.54) is 138 Å². The molecule has 1 saturated carbocycles. The minimum Gasteiger partial charge on any atom is -0.456 e. The molecule has 9 aromatic rings. The summed E-state index contributed by atoms with van der Waals surface area (Å²) in [7, 11) is 0. The number of benzene rings is 8. The van der Waals surface area contributed by atoms with E-state index in [1.807, 2.05) is 0 Å². The van der Waals surface area contributed by atoms with Gasteiger partial charge < -0.3 is 19.1 Å². The van der Waals surface area contributed by atoms with Crippen LogP contribution in [-0.2, 0) is 32.5 Å². The number of nitrogens with zero attached hydrogens (tertiary/aromatic N) is 3. The molecule has 0 amide bonds. The van der Waals surface area contributed by atoms with Crippen molar-refractivity contribution in [3.8, 4) is 0 Å². The van der Waals surface area contributed by atoms with E-state index in [1.54, 1.807) is 0 Å². The highest BCUT2D eigenvalue weighted by molar-refractivity contribution is 7.00. The van der Waals surface area contributed by atoms with Crippen molar-refractivity contribution in [2.24, 2.45) is 0 Å². The van der Waals surface area contributed by atoms with Crippen molar-refractivity contribution >= 4 is 90.5 Å². The van der Waals surface area contributed by atoms with Crippen molar-refractivity contribution in [3.63, 3.8) is 0 Å². The molecule has 408 valence electrons. The summed E-state index contributed by atoms with van der Waals surface area (Å²) in [6, 6.07) is 55.4. The van der Waals surface area contributed by atoms with E-state index in [-0.39, 0.29) is 44.7 Å². The van der Waals surface area contributed by atoms with Crippen molar-refractivity contribution in [3.05, 3.63) is 195 Å². The lowest BCUT2D eigenvalue weighted by Gasteiger charge is -2.51. The molecule has 3 aliphatic carbocycles. The van der Waals surface area contributed by atoms with Gasteiger partial charge in [-0.3, -0.25) is 0 Å². The molecular formula is C76H80BN3O. The van der Waals surface area contributed by atoms with E-state index in [0.29, 0.717) is 0 Å². The standard InChI is InChI=1S/C76H80BN3O/c1-45-37-64-69-65(38-45)79(61-43-53-52(39-46(61)2)71(6,7)35-36-72(53,8)9)62-41-48(80-59-32-29-47(70(3,4)5)40-56(59)75(14)33-20-21-34-76(75,80)15)30-31-57(62)77(69)58-42-54-55(74(12,13)51-25-18-17-24-50(51)73(54,10)11)44-63(58)78(64)60-26-22-28-67-68(60)49-23-16-19-27-66(49)81-67/h16-19,22-32,37-44H,20-21,33-36H2,1-15H3. The molecule has 2 atom stereocenters. The van der Waals surface area contributed by atoms with E-state index in [9.17, 15) is 0 Å². The van der Waals surface area contributed by atoms with Crippen LogP contribution in [0.5, 0.6) is 0 Å². The molecule has 1 fully saturated rings. The highest BCUT2D eigenvalue weighted by Gasteiger charge is 2.58. The first-order chi connectivity index (χ1) is 38.3. The summed E-state index contributed by atoms with van der Waals surface area (Å²) in [6.45, 7) is 36.7. The first-order valence-electron chi connectivity index (χ1n) is 30.5. The SMILES string of the molecule is Cc1cc2c3c(c1)N(c1cccc4oc5ccccc5c14)c1cc4c(cc1B3c1ccc(N3c5ccc(C(C)(C)C)cc5C5(C)CCCCC35C)cc1N2c1cc2c(cc1C)C(C)(C)CCC2(C)C)C(C)(C)c1ccccc1C4(C)C. The molecule has 0 bridgehead atoms. The zero-order chi connectivity index (χ0) is 56.5. The van der Waals surface area contributed by atoms with Crippen LogP contribution in [0.15, 0.2) is 144 Å². The summed E-state index contributed by atoms with van der Waals surface area (Å²) in [5.74, 6) is 0. The van der Waals surface area contributed by atoms with Gasteiger partial charge in [-0.25, -0.2) is 0 Å². The first kappa shape index (κ1) is 50.9. The molecule has 15 rings (SSSR count). The van der Waals surface area contributed by atoms with E-state index >= 15 is 0 Å². The van der Waals surface area contributed by atoms with E-state index in [2.05, 4.69) is 258 Å². The second-order valence-corrected chi connectivity index (χ2v) is 29.6. The maximum absolute atomic E-state index is 6.77. The van der Waals surface area contributed by atoms with Gasteiger partial charge in [0.05, 0.1) is 16.6 Å². The number of para-hydroxylation sites is 1. The summed E-state index contributed by atoms with van der Waals surface area (Å²) in [5.41, 5.74) is 29.6. The number of furan rings is 1. The fraction of sp³-hybridized carbons (Fsp3) is 0.368. The van der Waals surface area contributed by atoms with Gasteiger partial charge in [0.25, 0.3) is 6.71 Å². The van der Waals surface area contributed by atoms with E-state index in [0.717, 1.165) is 40.5 Å². The largest absolute Gasteiger partial charge is 0.456 e. The summed E-state index contributed by atoms with van der Waals surface area (Å²) in [6.07, 6.45) is 7.16. The maximum Gasteiger partial charge on any atom is 0.252 e. The molecule has 2 unspecified atom stereocenters. The summed E-state index contributed by atoms with van der Waals surface area (Å²) < 4.78 is 6.77. The van der Waals surface area contributed by atoms with Crippen molar-refractivity contribution in [1.29, 1.82) is 0 Å². The Morgan fingerprint density at radius 2 is 1.06 bits per heavy atom. The molecule has 4 heterocycles. The van der Waals surface area contributed by atoms with Gasteiger partial charge in [-0.05, 0) is 195 Å². The smallest absolute Gasteiger partial charge is 0.252 e. The van der Waals surface area contributed by atoms with Crippen molar-refractivity contribution in [2.45, 2.75) is 180 Å². The van der Waals surface area contributed by atoms with Crippen LogP contribution in [-0.4, -0.2) is 12.3 Å². The minimum atomic E-state index is -0.250. The Morgan fingerprint density at radius 1 is 0.457 bits per heavy atom. The summed E-state index contributed by atoms with van der Waals surface area (Å²) >= 11 is 0. The summed E-state index contributed by atoms with van der Waals surface area (Å²) in [4.78, 5) is 8.22. The predicted molar refractivity (Wildman–Crippen MR) is 345 cm³/mol. The number of fused-ring (bicyclic) bond motifs is 13. The lowest BCUT2D eigenvalue weighted by Crippen LogP contribution is -2.62. The van der Waals surface area contributed by atoms with Crippen LogP contribution < -0.4 is 31.1 Å². The molecule has 4 nitrogen and oxygen atoms in total. The molecule has 8 aromatic carbocycles. The Hall–Kier alpha value is -6.98. The predicted octanol–water partition coefficient (Wildman–Crippen LogP) is 18.6. The molecule has 0 spiro atoms. The van der Waals surface area contributed by atoms with Gasteiger partial charge >= 0.3 is 0 Å². The Balaban J connectivity index is 1.06. The number of aryl methyl sites for hydroxylation is 2. The lowest BCUT2D eigenvalue weighted by atomic mass is 9.33. The van der Waals surface area contributed by atoms with Crippen LogP contribution in [0, 0.1) is 13.8 Å². The Morgan fingerprint density at radius 3 is 1.77 bits per heavy atom. The minimum absolute atomic E-state index is 0.00323. The fourth-order valence-corrected chi connectivity index (χ4v) is 17.2. The normalized spacial score (nSPS) is 22.1. The molecule has 0 saturated heterocycles. The molecule has 0 radical (unpaired) electrons. The second-order valence-electron chi connectivity index (χ2n) is 29.6. The Kier molecular flexibility index (Phi) is 10.3. The molecule has 5 heteroatoms. The molecule has 3 aliphatic heterocycles. The summed E-state index contributed by atoms with van der Waals surface area (Å²) in [5, 5.41) is 2.28. The molecule has 81 heavy (non-hydrogen) atoms. The van der Waals surface area contributed by atoms with Gasteiger partial charge in [0.1, 0.15) is 11.2 Å². The van der Waals surface area contributed by atoms with Gasteiger partial charge in [-0.15, -0.1) is 0 Å². The zero-order valence-corrected chi connectivity index (χ0v) is 50.8. The Labute approximate surface area is 482 Å².